The van der Waals surface area contributed by atoms with Crippen molar-refractivity contribution in [1.29, 1.82) is 0 Å². The van der Waals surface area contributed by atoms with Gasteiger partial charge in [0.15, 0.2) is 5.65 Å². The molecule has 3 rings (SSSR count). The minimum absolute atomic E-state index is 0.612. The first-order chi connectivity index (χ1) is 9.54. The summed E-state index contributed by atoms with van der Waals surface area (Å²) in [6, 6.07) is 9.68. The summed E-state index contributed by atoms with van der Waals surface area (Å²) < 4.78 is 1.68. The molecule has 0 bridgehead atoms. The van der Waals surface area contributed by atoms with E-state index in [9.17, 15) is 0 Å². The number of fused-ring (bicyclic) bond motifs is 1. The first-order valence-corrected chi connectivity index (χ1v) is 7.06. The van der Waals surface area contributed by atoms with Crippen LogP contribution in [0.1, 0.15) is 22.5 Å². The quantitative estimate of drug-likeness (QED) is 0.663. The third-order valence-corrected chi connectivity index (χ3v) is 3.86. The minimum Gasteiger partial charge on any atom is -0.233 e. The van der Waals surface area contributed by atoms with Crippen LogP contribution in [0.15, 0.2) is 30.3 Å². The molecule has 0 aliphatic rings. The van der Waals surface area contributed by atoms with Gasteiger partial charge in [0, 0.05) is 28.8 Å². The van der Waals surface area contributed by atoms with Crippen molar-refractivity contribution < 1.29 is 0 Å². The summed E-state index contributed by atoms with van der Waals surface area (Å²) in [5, 5.41) is 5.70. The topological polar surface area (TPSA) is 30.2 Å². The van der Waals surface area contributed by atoms with Gasteiger partial charge >= 0.3 is 0 Å². The molecule has 102 valence electrons. The van der Waals surface area contributed by atoms with Crippen molar-refractivity contribution in [3.63, 3.8) is 0 Å². The van der Waals surface area contributed by atoms with Gasteiger partial charge < -0.3 is 0 Å². The molecule has 3 nitrogen and oxygen atoms in total. The van der Waals surface area contributed by atoms with Crippen LogP contribution in [0.25, 0.3) is 5.65 Å². The molecule has 0 unspecified atom stereocenters. The first kappa shape index (κ1) is 13.4. The smallest absolute Gasteiger partial charge is 0.157 e. The normalized spacial score (nSPS) is 11.2. The summed E-state index contributed by atoms with van der Waals surface area (Å²) in [5.41, 5.74) is 4.68. The Morgan fingerprint density at radius 3 is 2.70 bits per heavy atom. The Kier molecular flexibility index (Phi) is 3.40. The van der Waals surface area contributed by atoms with E-state index in [2.05, 4.69) is 10.1 Å². The van der Waals surface area contributed by atoms with E-state index in [1.54, 1.807) is 4.52 Å². The third-order valence-electron chi connectivity index (χ3n) is 3.24. The lowest BCUT2D eigenvalue weighted by atomic mass is 10.1. The van der Waals surface area contributed by atoms with Crippen LogP contribution in [0, 0.1) is 13.8 Å². The third kappa shape index (κ3) is 2.39. The molecular formula is C15H13Cl2N3. The van der Waals surface area contributed by atoms with Gasteiger partial charge in [-0.15, -0.1) is 0 Å². The zero-order valence-electron chi connectivity index (χ0n) is 11.2. The van der Waals surface area contributed by atoms with E-state index in [0.717, 1.165) is 33.2 Å². The Labute approximate surface area is 127 Å². The Morgan fingerprint density at radius 2 is 1.95 bits per heavy atom. The second-order valence-electron chi connectivity index (χ2n) is 4.83. The van der Waals surface area contributed by atoms with Gasteiger partial charge in [0.05, 0.1) is 5.69 Å². The van der Waals surface area contributed by atoms with Gasteiger partial charge in [0.1, 0.15) is 5.15 Å². The highest BCUT2D eigenvalue weighted by Gasteiger charge is 2.13. The lowest BCUT2D eigenvalue weighted by Gasteiger charge is -2.09. The molecule has 0 atom stereocenters. The van der Waals surface area contributed by atoms with Crippen LogP contribution in [-0.4, -0.2) is 14.6 Å². The zero-order chi connectivity index (χ0) is 14.3. The summed E-state index contributed by atoms with van der Waals surface area (Å²) in [4.78, 5) is 4.56. The number of hydrogen-bond acceptors (Lipinski definition) is 2. The monoisotopic (exact) mass is 305 g/mol. The highest BCUT2D eigenvalue weighted by molar-refractivity contribution is 6.31. The number of rotatable bonds is 2. The summed E-state index contributed by atoms with van der Waals surface area (Å²) in [6.07, 6.45) is 0.688. The fraction of sp³-hybridized carbons (Fsp3) is 0.200. The van der Waals surface area contributed by atoms with Gasteiger partial charge in [-0.05, 0) is 31.5 Å². The SMILES string of the molecule is Cc1cc2nc(C)c(Cc3cccc(Cl)c3)c(Cl)n2n1. The van der Waals surface area contributed by atoms with Crippen molar-refractivity contribution in [1.82, 2.24) is 14.6 Å². The fourth-order valence-corrected chi connectivity index (χ4v) is 2.82. The molecule has 1 aromatic carbocycles. The van der Waals surface area contributed by atoms with Crippen LogP contribution in [0.4, 0.5) is 0 Å². The lowest BCUT2D eigenvalue weighted by Crippen LogP contribution is -2.03. The van der Waals surface area contributed by atoms with Gasteiger partial charge in [-0.25, -0.2) is 9.50 Å². The Balaban J connectivity index is 2.11. The molecule has 0 saturated heterocycles. The maximum absolute atomic E-state index is 6.48. The van der Waals surface area contributed by atoms with Crippen molar-refractivity contribution in [2.24, 2.45) is 0 Å². The number of benzene rings is 1. The van der Waals surface area contributed by atoms with Crippen molar-refractivity contribution in [2.75, 3.05) is 0 Å². The van der Waals surface area contributed by atoms with Crippen LogP contribution in [0.5, 0.6) is 0 Å². The molecule has 0 aliphatic heterocycles. The van der Waals surface area contributed by atoms with Gasteiger partial charge in [0.2, 0.25) is 0 Å². The number of halogens is 2. The average Bonchev–Trinajstić information content (AvgIpc) is 2.75. The van der Waals surface area contributed by atoms with E-state index in [0.29, 0.717) is 11.6 Å². The highest BCUT2D eigenvalue weighted by Crippen LogP contribution is 2.24. The predicted molar refractivity (Wildman–Crippen MR) is 81.7 cm³/mol. The highest BCUT2D eigenvalue weighted by atomic mass is 35.5. The molecule has 2 aromatic heterocycles. The molecule has 0 radical (unpaired) electrons. The molecule has 0 aliphatic carbocycles. The van der Waals surface area contributed by atoms with Gasteiger partial charge in [-0.1, -0.05) is 35.3 Å². The van der Waals surface area contributed by atoms with Gasteiger partial charge in [-0.3, -0.25) is 0 Å². The van der Waals surface area contributed by atoms with Crippen molar-refractivity contribution in [3.05, 3.63) is 63.0 Å². The van der Waals surface area contributed by atoms with E-state index < -0.39 is 0 Å². The predicted octanol–water partition coefficient (Wildman–Crippen LogP) is 4.24. The van der Waals surface area contributed by atoms with Crippen molar-refractivity contribution in [3.8, 4) is 0 Å². The summed E-state index contributed by atoms with van der Waals surface area (Å²) in [6.45, 7) is 3.89. The molecule has 0 N–H and O–H groups in total. The van der Waals surface area contributed by atoms with Crippen LogP contribution >= 0.6 is 23.2 Å². The molecule has 0 saturated carbocycles. The number of aryl methyl sites for hydroxylation is 2. The first-order valence-electron chi connectivity index (χ1n) is 6.30. The van der Waals surface area contributed by atoms with E-state index in [1.807, 2.05) is 44.2 Å². The summed E-state index contributed by atoms with van der Waals surface area (Å²) in [7, 11) is 0. The zero-order valence-corrected chi connectivity index (χ0v) is 12.7. The van der Waals surface area contributed by atoms with E-state index in [4.69, 9.17) is 23.2 Å². The molecule has 0 amide bonds. The molecule has 3 aromatic rings. The lowest BCUT2D eigenvalue weighted by molar-refractivity contribution is 0.887. The Morgan fingerprint density at radius 1 is 1.15 bits per heavy atom. The summed E-state index contributed by atoms with van der Waals surface area (Å²) >= 11 is 12.5. The molecule has 0 fully saturated rings. The van der Waals surface area contributed by atoms with Crippen LogP contribution in [0.2, 0.25) is 10.2 Å². The van der Waals surface area contributed by atoms with Gasteiger partial charge in [0.25, 0.3) is 0 Å². The fourth-order valence-electron chi connectivity index (χ4n) is 2.28. The van der Waals surface area contributed by atoms with Crippen LogP contribution in [0.3, 0.4) is 0 Å². The number of aromatic nitrogens is 3. The molecule has 5 heteroatoms. The number of hydrogen-bond donors (Lipinski definition) is 0. The molecular weight excluding hydrogens is 293 g/mol. The maximum atomic E-state index is 6.48. The second-order valence-corrected chi connectivity index (χ2v) is 5.62. The van der Waals surface area contributed by atoms with E-state index in [1.165, 1.54) is 0 Å². The maximum Gasteiger partial charge on any atom is 0.157 e. The molecule has 20 heavy (non-hydrogen) atoms. The van der Waals surface area contributed by atoms with E-state index >= 15 is 0 Å². The van der Waals surface area contributed by atoms with Crippen LogP contribution < -0.4 is 0 Å². The van der Waals surface area contributed by atoms with Crippen molar-refractivity contribution >= 4 is 28.8 Å². The van der Waals surface area contributed by atoms with E-state index in [-0.39, 0.29) is 0 Å². The molecule has 2 heterocycles. The largest absolute Gasteiger partial charge is 0.233 e. The molecule has 0 spiro atoms. The standard InChI is InChI=1S/C15H13Cl2N3/c1-9-6-14-18-10(2)13(15(17)20(14)19-9)8-11-4-3-5-12(16)7-11/h3-7H,8H2,1-2H3. The Bertz CT molecular complexity index is 793. The minimum atomic E-state index is 0.612. The summed E-state index contributed by atoms with van der Waals surface area (Å²) in [5.74, 6) is 0. The van der Waals surface area contributed by atoms with Gasteiger partial charge in [-0.2, -0.15) is 5.10 Å². The number of nitrogens with zero attached hydrogens (tertiary/aromatic N) is 3. The average molecular weight is 306 g/mol. The second kappa shape index (κ2) is 5.08. The van der Waals surface area contributed by atoms with Crippen LogP contribution in [-0.2, 0) is 6.42 Å². The Hall–Kier alpha value is -1.58. The van der Waals surface area contributed by atoms with Crippen molar-refractivity contribution in [2.45, 2.75) is 20.3 Å².